The molecular formula is C14H26N2. The molecule has 4 bridgehead atoms. The number of nitrogens with one attached hydrogen (secondary N) is 1. The lowest BCUT2D eigenvalue weighted by atomic mass is 9.48. The van der Waals surface area contributed by atoms with E-state index >= 15 is 0 Å². The summed E-state index contributed by atoms with van der Waals surface area (Å²) in [5.74, 6) is 3.82. The zero-order valence-electron chi connectivity index (χ0n) is 10.7. The minimum absolute atomic E-state index is 0.293. The van der Waals surface area contributed by atoms with Crippen LogP contribution in [0.15, 0.2) is 0 Å². The third-order valence-electron chi connectivity index (χ3n) is 5.49. The van der Waals surface area contributed by atoms with Crippen molar-refractivity contribution in [2.75, 3.05) is 6.54 Å². The third kappa shape index (κ3) is 1.46. The predicted molar refractivity (Wildman–Crippen MR) is 67.1 cm³/mol. The van der Waals surface area contributed by atoms with Crippen molar-refractivity contribution < 1.29 is 0 Å². The van der Waals surface area contributed by atoms with Crippen LogP contribution in [0.1, 0.15) is 46.0 Å². The topological polar surface area (TPSA) is 38.0 Å². The molecule has 4 fully saturated rings. The van der Waals surface area contributed by atoms with Crippen LogP contribution in [-0.2, 0) is 0 Å². The Bertz CT molecular complexity index is 244. The van der Waals surface area contributed by atoms with Crippen molar-refractivity contribution in [2.24, 2.45) is 29.4 Å². The molecule has 0 aromatic rings. The summed E-state index contributed by atoms with van der Waals surface area (Å²) in [6, 6.07) is 0.570. The monoisotopic (exact) mass is 222 g/mol. The smallest absolute Gasteiger partial charge is 0.0363 e. The highest BCUT2D eigenvalue weighted by Crippen LogP contribution is 2.58. The Hall–Kier alpha value is -0.0800. The normalized spacial score (nSPS) is 50.2. The van der Waals surface area contributed by atoms with Gasteiger partial charge in [-0.15, -0.1) is 0 Å². The van der Waals surface area contributed by atoms with Crippen LogP contribution in [0.4, 0.5) is 0 Å². The lowest BCUT2D eigenvalue weighted by molar-refractivity contribution is -0.0724. The number of nitrogens with two attached hydrogens (primary N) is 1. The van der Waals surface area contributed by atoms with Gasteiger partial charge in [0.15, 0.2) is 0 Å². The molecule has 0 amide bonds. The van der Waals surface area contributed by atoms with Crippen LogP contribution in [0.3, 0.4) is 0 Å². The van der Waals surface area contributed by atoms with Crippen molar-refractivity contribution in [3.63, 3.8) is 0 Å². The van der Waals surface area contributed by atoms with Gasteiger partial charge >= 0.3 is 0 Å². The summed E-state index contributed by atoms with van der Waals surface area (Å²) in [6.07, 6.45) is 7.32. The van der Waals surface area contributed by atoms with Crippen LogP contribution in [0, 0.1) is 23.7 Å². The number of rotatable bonds is 3. The average Bonchev–Trinajstić information content (AvgIpc) is 2.22. The molecule has 92 valence electrons. The molecule has 4 aliphatic rings. The van der Waals surface area contributed by atoms with Crippen LogP contribution in [0.2, 0.25) is 0 Å². The summed E-state index contributed by atoms with van der Waals surface area (Å²) in [5, 5.41) is 3.86. The van der Waals surface area contributed by atoms with Gasteiger partial charge in [-0.05, 0) is 55.8 Å². The van der Waals surface area contributed by atoms with Gasteiger partial charge in [0.1, 0.15) is 0 Å². The second kappa shape index (κ2) is 3.71. The number of hydrogen-bond donors (Lipinski definition) is 2. The lowest BCUT2D eigenvalue weighted by Gasteiger charge is -2.62. The summed E-state index contributed by atoms with van der Waals surface area (Å²) >= 11 is 0. The largest absolute Gasteiger partial charge is 0.329 e. The standard InChI is InChI=1S/C14H26N2/c1-9(2)16-14(8-15)12-4-10-3-11(6-12)7-13(14)5-10/h9-13,16H,3-8,15H2,1-2H3. The molecule has 0 heterocycles. The molecule has 0 atom stereocenters. The molecular weight excluding hydrogens is 196 g/mol. The first kappa shape index (κ1) is 11.0. The van der Waals surface area contributed by atoms with Gasteiger partial charge in [0.05, 0.1) is 0 Å². The van der Waals surface area contributed by atoms with E-state index in [2.05, 4.69) is 19.2 Å². The molecule has 3 N–H and O–H groups in total. The highest BCUT2D eigenvalue weighted by molar-refractivity contribution is 5.12. The minimum atomic E-state index is 0.293. The van der Waals surface area contributed by atoms with E-state index in [1.165, 1.54) is 32.1 Å². The van der Waals surface area contributed by atoms with Crippen molar-refractivity contribution in [2.45, 2.75) is 57.5 Å². The van der Waals surface area contributed by atoms with Gasteiger partial charge in [-0.25, -0.2) is 0 Å². The van der Waals surface area contributed by atoms with Crippen LogP contribution >= 0.6 is 0 Å². The van der Waals surface area contributed by atoms with Gasteiger partial charge in [0, 0.05) is 18.1 Å². The molecule has 0 spiro atoms. The van der Waals surface area contributed by atoms with Crippen LogP contribution in [0.5, 0.6) is 0 Å². The molecule has 0 aliphatic heterocycles. The van der Waals surface area contributed by atoms with Crippen molar-refractivity contribution >= 4 is 0 Å². The van der Waals surface area contributed by atoms with E-state index in [0.29, 0.717) is 11.6 Å². The van der Waals surface area contributed by atoms with Crippen molar-refractivity contribution in [1.82, 2.24) is 5.32 Å². The van der Waals surface area contributed by atoms with Gasteiger partial charge in [0.2, 0.25) is 0 Å². The Morgan fingerprint density at radius 2 is 1.56 bits per heavy atom. The highest BCUT2D eigenvalue weighted by atomic mass is 15.1. The summed E-state index contributed by atoms with van der Waals surface area (Å²) in [7, 11) is 0. The Morgan fingerprint density at radius 3 is 1.94 bits per heavy atom. The first-order chi connectivity index (χ1) is 7.64. The first-order valence-electron chi connectivity index (χ1n) is 7.12. The summed E-state index contributed by atoms with van der Waals surface area (Å²) in [5.41, 5.74) is 6.47. The molecule has 0 saturated heterocycles. The van der Waals surface area contributed by atoms with Gasteiger partial charge in [-0.1, -0.05) is 13.8 Å². The Kier molecular flexibility index (Phi) is 2.56. The fourth-order valence-electron chi connectivity index (χ4n) is 5.19. The zero-order chi connectivity index (χ0) is 11.3. The van der Waals surface area contributed by atoms with Crippen molar-refractivity contribution in [1.29, 1.82) is 0 Å². The average molecular weight is 222 g/mol. The SMILES string of the molecule is CC(C)NC1(CN)C2CC3CC(C2)CC1C3. The molecule has 4 rings (SSSR count). The summed E-state index contributed by atoms with van der Waals surface area (Å²) in [4.78, 5) is 0. The van der Waals surface area contributed by atoms with E-state index < -0.39 is 0 Å². The van der Waals surface area contributed by atoms with Crippen LogP contribution < -0.4 is 11.1 Å². The molecule has 4 aliphatic carbocycles. The van der Waals surface area contributed by atoms with E-state index in [9.17, 15) is 0 Å². The summed E-state index contributed by atoms with van der Waals surface area (Å²) in [6.45, 7) is 5.38. The van der Waals surface area contributed by atoms with E-state index in [-0.39, 0.29) is 0 Å². The second-order valence-corrected chi connectivity index (χ2v) is 6.85. The maximum atomic E-state index is 6.17. The quantitative estimate of drug-likeness (QED) is 0.768. The van der Waals surface area contributed by atoms with Gasteiger partial charge in [0.25, 0.3) is 0 Å². The molecule has 0 radical (unpaired) electrons. The predicted octanol–water partition coefficient (Wildman–Crippen LogP) is 2.14. The minimum Gasteiger partial charge on any atom is -0.329 e. The van der Waals surface area contributed by atoms with E-state index in [0.717, 1.165) is 30.2 Å². The van der Waals surface area contributed by atoms with E-state index in [1.807, 2.05) is 0 Å². The Balaban J connectivity index is 1.88. The Labute approximate surface area is 99.4 Å². The fourth-order valence-corrected chi connectivity index (χ4v) is 5.19. The molecule has 2 heteroatoms. The summed E-state index contributed by atoms with van der Waals surface area (Å²) < 4.78 is 0. The highest BCUT2D eigenvalue weighted by Gasteiger charge is 2.56. The Morgan fingerprint density at radius 1 is 1.06 bits per heavy atom. The molecule has 0 aromatic heterocycles. The van der Waals surface area contributed by atoms with Crippen LogP contribution in [-0.4, -0.2) is 18.1 Å². The molecule has 2 nitrogen and oxygen atoms in total. The molecule has 4 saturated carbocycles. The van der Waals surface area contributed by atoms with Gasteiger partial charge in [-0.2, -0.15) is 0 Å². The van der Waals surface area contributed by atoms with E-state index in [4.69, 9.17) is 5.73 Å². The van der Waals surface area contributed by atoms with Gasteiger partial charge < -0.3 is 11.1 Å². The van der Waals surface area contributed by atoms with Crippen LogP contribution in [0.25, 0.3) is 0 Å². The zero-order valence-corrected chi connectivity index (χ0v) is 10.7. The maximum absolute atomic E-state index is 6.17. The fraction of sp³-hybridized carbons (Fsp3) is 1.00. The molecule has 0 aromatic carbocycles. The van der Waals surface area contributed by atoms with Gasteiger partial charge in [-0.3, -0.25) is 0 Å². The van der Waals surface area contributed by atoms with E-state index in [1.54, 1.807) is 0 Å². The molecule has 16 heavy (non-hydrogen) atoms. The first-order valence-corrected chi connectivity index (χ1v) is 7.12. The number of hydrogen-bond acceptors (Lipinski definition) is 2. The third-order valence-corrected chi connectivity index (χ3v) is 5.49. The lowest BCUT2D eigenvalue weighted by Crippen LogP contribution is -2.69. The van der Waals surface area contributed by atoms with Crippen molar-refractivity contribution in [3.05, 3.63) is 0 Å². The second-order valence-electron chi connectivity index (χ2n) is 6.85. The molecule has 0 unspecified atom stereocenters. The van der Waals surface area contributed by atoms with Crippen molar-refractivity contribution in [3.8, 4) is 0 Å². The maximum Gasteiger partial charge on any atom is 0.0363 e.